The van der Waals surface area contributed by atoms with E-state index in [4.69, 9.17) is 9.47 Å². The van der Waals surface area contributed by atoms with Crippen LogP contribution >= 0.6 is 0 Å². The number of aliphatic hydroxyl groups is 5. The fourth-order valence-corrected chi connectivity index (χ4v) is 8.18. The van der Waals surface area contributed by atoms with Crippen LogP contribution in [0.1, 0.15) is 18.9 Å². The van der Waals surface area contributed by atoms with Gasteiger partial charge in [0.1, 0.15) is 18.3 Å². The molecular weight excluding hydrogens is 483 g/mol. The molecule has 7 N–H and O–H groups in total. The van der Waals surface area contributed by atoms with Crippen molar-refractivity contribution in [2.75, 3.05) is 17.2 Å². The maximum absolute atomic E-state index is 15.3. The van der Waals surface area contributed by atoms with Gasteiger partial charge in [-0.15, -0.1) is 0 Å². The van der Waals surface area contributed by atoms with Crippen LogP contribution in [0.15, 0.2) is 18.2 Å². The van der Waals surface area contributed by atoms with Crippen LogP contribution in [-0.4, -0.2) is 89.2 Å². The van der Waals surface area contributed by atoms with E-state index in [1.165, 1.54) is 12.1 Å². The van der Waals surface area contributed by atoms with Gasteiger partial charge in [-0.2, -0.15) is 0 Å². The SMILES string of the molecule is C[C@@H]1[C@@H]([Si](C)(C)F)[C@H](CCO)O[C@@]12C(=O)Nc1ccc(NC(=O)[C@H]3O[C@@H](O)[C@H](O)[C@@H](O)[C@@H]3O)cc12. The molecule has 1 spiro atoms. The van der Waals surface area contributed by atoms with Crippen molar-refractivity contribution in [1.82, 2.24) is 0 Å². The van der Waals surface area contributed by atoms with Crippen LogP contribution < -0.4 is 10.6 Å². The molecule has 2 fully saturated rings. The summed E-state index contributed by atoms with van der Waals surface area (Å²) in [6.07, 6.45) is -9.44. The molecule has 3 aliphatic heterocycles. The molecule has 35 heavy (non-hydrogen) atoms. The highest BCUT2D eigenvalue weighted by Crippen LogP contribution is 2.59. The Bertz CT molecular complexity index is 1010. The Morgan fingerprint density at radius 1 is 1.20 bits per heavy atom. The highest BCUT2D eigenvalue weighted by Gasteiger charge is 2.65. The summed E-state index contributed by atoms with van der Waals surface area (Å²) in [5.74, 6) is -1.92. The summed E-state index contributed by atoms with van der Waals surface area (Å²) >= 11 is 0. The molecule has 11 nitrogen and oxygen atoms in total. The van der Waals surface area contributed by atoms with Gasteiger partial charge in [0.15, 0.2) is 18.0 Å². The zero-order chi connectivity index (χ0) is 25.9. The largest absolute Gasteiger partial charge is 0.396 e. The topological polar surface area (TPSA) is 178 Å². The summed E-state index contributed by atoms with van der Waals surface area (Å²) in [6, 6.07) is 4.54. The molecule has 0 bridgehead atoms. The molecule has 2 amide bonds. The summed E-state index contributed by atoms with van der Waals surface area (Å²) in [4.78, 5) is 25.9. The molecule has 0 aromatic heterocycles. The Kier molecular flexibility index (Phi) is 6.83. The number of fused-ring (bicyclic) bond motifs is 2. The zero-order valence-electron chi connectivity index (χ0n) is 19.5. The van der Waals surface area contributed by atoms with Crippen molar-refractivity contribution in [3.8, 4) is 0 Å². The fraction of sp³-hybridized carbons (Fsp3) is 0.636. The number of hydrogen-bond donors (Lipinski definition) is 7. The number of halogens is 1. The molecule has 3 heterocycles. The Labute approximate surface area is 202 Å². The van der Waals surface area contributed by atoms with Gasteiger partial charge >= 0.3 is 0 Å². The monoisotopic (exact) mass is 514 g/mol. The van der Waals surface area contributed by atoms with Gasteiger partial charge in [0, 0.05) is 35.0 Å². The molecule has 0 aliphatic carbocycles. The molecule has 194 valence electrons. The Morgan fingerprint density at radius 2 is 1.89 bits per heavy atom. The number of carbonyl (C=O) groups excluding carboxylic acids is 2. The molecule has 13 heteroatoms. The maximum Gasteiger partial charge on any atom is 0.261 e. The molecule has 1 aromatic rings. The molecule has 4 rings (SSSR count). The lowest BCUT2D eigenvalue weighted by atomic mass is 9.82. The summed E-state index contributed by atoms with van der Waals surface area (Å²) in [6.45, 7) is 4.60. The van der Waals surface area contributed by atoms with E-state index in [2.05, 4.69) is 10.6 Å². The Hall–Kier alpha value is -1.97. The predicted molar refractivity (Wildman–Crippen MR) is 122 cm³/mol. The van der Waals surface area contributed by atoms with Crippen LogP contribution in [0.3, 0.4) is 0 Å². The molecule has 1 aromatic carbocycles. The third-order valence-corrected chi connectivity index (χ3v) is 9.70. The number of nitrogens with one attached hydrogen (secondary N) is 2. The third kappa shape index (κ3) is 4.19. The minimum Gasteiger partial charge on any atom is -0.396 e. The first kappa shape index (κ1) is 26.1. The van der Waals surface area contributed by atoms with Crippen molar-refractivity contribution in [3.63, 3.8) is 0 Å². The second-order valence-electron chi connectivity index (χ2n) is 9.91. The number of rotatable bonds is 5. The van der Waals surface area contributed by atoms with Gasteiger partial charge in [0.05, 0.1) is 6.10 Å². The standard InChI is InChI=1S/C22H31FN2O9Si/c1-9-18(35(2,3)23)13(6-7-26)34-22(9)11-8-10(4-5-12(11)25-21(22)32)24-19(30)17-15(28)14(27)16(29)20(31)33-17/h4-5,8-9,13-18,20,26-29,31H,6-7H2,1-3H3,(H,24,30)(H,25,32)/t9-,13+,14+,15+,16-,17+,18-,20-,22+/m1/s1. The highest BCUT2D eigenvalue weighted by molar-refractivity contribution is 6.72. The van der Waals surface area contributed by atoms with Gasteiger partial charge in [-0.3, -0.25) is 9.59 Å². The lowest BCUT2D eigenvalue weighted by Crippen LogP contribution is -2.60. The molecule has 0 saturated carbocycles. The number of benzene rings is 1. The normalized spacial score (nSPS) is 38.9. The van der Waals surface area contributed by atoms with E-state index in [0.717, 1.165) is 0 Å². The van der Waals surface area contributed by atoms with E-state index in [0.29, 0.717) is 11.3 Å². The minimum atomic E-state index is -3.32. The predicted octanol–water partition coefficient (Wildman–Crippen LogP) is -0.465. The quantitative estimate of drug-likeness (QED) is 0.202. The molecule has 0 unspecified atom stereocenters. The highest BCUT2D eigenvalue weighted by atomic mass is 28.4. The molecule has 9 atom stereocenters. The molecule has 0 radical (unpaired) electrons. The van der Waals surface area contributed by atoms with Gasteiger partial charge in [0.25, 0.3) is 11.8 Å². The average Bonchev–Trinajstić information content (AvgIpc) is 3.23. The van der Waals surface area contributed by atoms with E-state index in [1.54, 1.807) is 26.1 Å². The summed E-state index contributed by atoms with van der Waals surface area (Å²) < 4.78 is 26.5. The zero-order valence-corrected chi connectivity index (χ0v) is 20.5. The second-order valence-corrected chi connectivity index (χ2v) is 13.7. The van der Waals surface area contributed by atoms with Crippen LogP contribution in [0, 0.1) is 5.92 Å². The lowest BCUT2D eigenvalue weighted by Gasteiger charge is -2.37. The van der Waals surface area contributed by atoms with Crippen LogP contribution in [0.2, 0.25) is 18.6 Å². The minimum absolute atomic E-state index is 0.170. The first-order valence-electron chi connectivity index (χ1n) is 11.4. The molecule has 2 saturated heterocycles. The van der Waals surface area contributed by atoms with Crippen LogP contribution in [0.5, 0.6) is 0 Å². The van der Waals surface area contributed by atoms with Crippen molar-refractivity contribution in [2.45, 2.75) is 74.4 Å². The van der Waals surface area contributed by atoms with Crippen molar-refractivity contribution in [3.05, 3.63) is 23.8 Å². The van der Waals surface area contributed by atoms with Gasteiger partial charge in [0.2, 0.25) is 8.41 Å². The van der Waals surface area contributed by atoms with Crippen LogP contribution in [0.25, 0.3) is 0 Å². The average molecular weight is 515 g/mol. The number of hydrogen-bond acceptors (Lipinski definition) is 9. The van der Waals surface area contributed by atoms with Crippen molar-refractivity contribution in [2.24, 2.45) is 5.92 Å². The number of amides is 2. The second kappa shape index (κ2) is 9.16. The van der Waals surface area contributed by atoms with Crippen LogP contribution in [0.4, 0.5) is 15.5 Å². The van der Waals surface area contributed by atoms with Crippen LogP contribution in [-0.2, 0) is 24.7 Å². The first-order chi connectivity index (χ1) is 16.3. The van der Waals surface area contributed by atoms with Crippen molar-refractivity contribution < 1.29 is 48.7 Å². The van der Waals surface area contributed by atoms with E-state index >= 15 is 4.11 Å². The summed E-state index contributed by atoms with van der Waals surface area (Å²) in [5, 5.41) is 54.1. The number of anilines is 2. The Balaban J connectivity index is 1.64. The smallest absolute Gasteiger partial charge is 0.261 e. The van der Waals surface area contributed by atoms with E-state index < -0.39 is 74.1 Å². The fourth-order valence-electron chi connectivity index (χ4n) is 5.63. The number of ether oxygens (including phenoxy) is 2. The van der Waals surface area contributed by atoms with Gasteiger partial charge < -0.3 is 49.7 Å². The van der Waals surface area contributed by atoms with E-state index in [1.807, 2.05) is 0 Å². The Morgan fingerprint density at radius 3 is 2.51 bits per heavy atom. The van der Waals surface area contributed by atoms with E-state index in [9.17, 15) is 35.1 Å². The van der Waals surface area contributed by atoms with Crippen molar-refractivity contribution >= 4 is 31.6 Å². The van der Waals surface area contributed by atoms with Gasteiger partial charge in [-0.05, 0) is 37.7 Å². The van der Waals surface area contributed by atoms with Crippen molar-refractivity contribution in [1.29, 1.82) is 0 Å². The molecule has 3 aliphatic rings. The number of aliphatic hydroxyl groups excluding tert-OH is 5. The summed E-state index contributed by atoms with van der Waals surface area (Å²) in [7, 11) is -3.32. The van der Waals surface area contributed by atoms with Gasteiger partial charge in [-0.25, -0.2) is 0 Å². The number of carbonyl (C=O) groups is 2. The summed E-state index contributed by atoms with van der Waals surface area (Å²) in [5.41, 5.74) is -1.05. The van der Waals surface area contributed by atoms with E-state index in [-0.39, 0.29) is 18.7 Å². The third-order valence-electron chi connectivity index (χ3n) is 7.24. The molecular formula is C22H31FN2O9Si. The maximum atomic E-state index is 15.3. The van der Waals surface area contributed by atoms with Gasteiger partial charge in [-0.1, -0.05) is 6.92 Å². The first-order valence-corrected chi connectivity index (χ1v) is 14.4. The lowest BCUT2D eigenvalue weighted by molar-refractivity contribution is -0.274.